The summed E-state index contributed by atoms with van der Waals surface area (Å²) in [5, 5.41) is 7.26. The third-order valence-corrected chi connectivity index (χ3v) is 9.04. The van der Waals surface area contributed by atoms with E-state index in [1.807, 2.05) is 6.92 Å². The van der Waals surface area contributed by atoms with Gasteiger partial charge in [0.1, 0.15) is 11.5 Å². The molecule has 2 N–H and O–H groups in total. The second kappa shape index (κ2) is 13.7. The molecule has 3 aromatic carbocycles. The standard InChI is InChI=1S/C28H22Cl4N4O5S/c1-17-2-8-22(9-3-17)42(39,40)36(15-18-4-10-23(29)25(31)12-18)16-21-7-6-20(41-21)14-33-35-28(38)27(37)34-19-5-11-24(30)26(32)13-19/h2-14H,15-16H2,1H3,(H,34,37)(H,35,38)/b33-14+. The number of hydrogen-bond donors (Lipinski definition) is 2. The monoisotopic (exact) mass is 666 g/mol. The van der Waals surface area contributed by atoms with Crippen LogP contribution < -0.4 is 10.7 Å². The van der Waals surface area contributed by atoms with Crippen LogP contribution >= 0.6 is 46.4 Å². The minimum absolute atomic E-state index is 0.0127. The first-order valence-electron chi connectivity index (χ1n) is 12.1. The molecule has 0 fully saturated rings. The first kappa shape index (κ1) is 31.6. The Morgan fingerprint density at radius 1 is 0.833 bits per heavy atom. The van der Waals surface area contributed by atoms with Crippen LogP contribution in [0.4, 0.5) is 5.69 Å². The summed E-state index contributed by atoms with van der Waals surface area (Å²) < 4.78 is 34.1. The molecule has 218 valence electrons. The highest BCUT2D eigenvalue weighted by Crippen LogP contribution is 2.27. The van der Waals surface area contributed by atoms with E-state index < -0.39 is 21.8 Å². The fourth-order valence-corrected chi connectivity index (χ4v) is 5.63. The fourth-order valence-electron chi connectivity index (χ4n) is 3.62. The molecule has 2 amide bonds. The summed E-state index contributed by atoms with van der Waals surface area (Å²) in [6.07, 6.45) is 1.17. The number of aryl methyl sites for hydroxylation is 1. The topological polar surface area (TPSA) is 121 Å². The molecule has 14 heteroatoms. The van der Waals surface area contributed by atoms with E-state index in [1.165, 1.54) is 46.9 Å². The third-order valence-electron chi connectivity index (χ3n) is 5.76. The van der Waals surface area contributed by atoms with Gasteiger partial charge in [-0.05, 0) is 67.1 Å². The SMILES string of the molecule is Cc1ccc(S(=O)(=O)N(Cc2ccc(Cl)c(Cl)c2)Cc2ccc(/C=N/NC(=O)C(=O)Nc3ccc(Cl)c(Cl)c3)o2)cc1. The molecule has 0 radical (unpaired) electrons. The molecule has 0 saturated carbocycles. The van der Waals surface area contributed by atoms with Crippen LogP contribution in [0.1, 0.15) is 22.6 Å². The van der Waals surface area contributed by atoms with E-state index in [0.29, 0.717) is 26.4 Å². The van der Waals surface area contributed by atoms with Crippen molar-refractivity contribution in [3.8, 4) is 0 Å². The number of nitrogens with zero attached hydrogens (tertiary/aromatic N) is 2. The van der Waals surface area contributed by atoms with Crippen LogP contribution in [0.5, 0.6) is 0 Å². The Kier molecular flexibility index (Phi) is 10.3. The molecule has 42 heavy (non-hydrogen) atoms. The number of hydrazone groups is 1. The highest BCUT2D eigenvalue weighted by atomic mass is 35.5. The van der Waals surface area contributed by atoms with Crippen LogP contribution in [0, 0.1) is 6.92 Å². The normalized spacial score (nSPS) is 11.7. The number of carbonyl (C=O) groups excluding carboxylic acids is 2. The molecule has 0 aliphatic heterocycles. The third kappa shape index (κ3) is 8.13. The zero-order valence-corrected chi connectivity index (χ0v) is 25.6. The molecule has 0 saturated heterocycles. The highest BCUT2D eigenvalue weighted by Gasteiger charge is 2.26. The fraction of sp³-hybridized carbons (Fsp3) is 0.107. The predicted molar refractivity (Wildman–Crippen MR) is 164 cm³/mol. The van der Waals surface area contributed by atoms with Crippen LogP contribution in [-0.4, -0.2) is 30.8 Å². The average molecular weight is 668 g/mol. The molecule has 0 atom stereocenters. The summed E-state index contributed by atoms with van der Waals surface area (Å²) in [4.78, 5) is 24.3. The Hall–Kier alpha value is -3.38. The average Bonchev–Trinajstić information content (AvgIpc) is 3.39. The lowest BCUT2D eigenvalue weighted by atomic mass is 10.2. The number of rotatable bonds is 9. The Bertz CT molecular complexity index is 1760. The number of anilines is 1. The molecule has 9 nitrogen and oxygen atoms in total. The van der Waals surface area contributed by atoms with E-state index in [4.69, 9.17) is 50.8 Å². The Morgan fingerprint density at radius 3 is 2.17 bits per heavy atom. The summed E-state index contributed by atoms with van der Waals surface area (Å²) in [7, 11) is -3.95. The van der Waals surface area contributed by atoms with Crippen molar-refractivity contribution < 1.29 is 22.4 Å². The molecule has 0 bridgehead atoms. The highest BCUT2D eigenvalue weighted by molar-refractivity contribution is 7.89. The molecule has 0 spiro atoms. The smallest absolute Gasteiger partial charge is 0.329 e. The van der Waals surface area contributed by atoms with Gasteiger partial charge in [0, 0.05) is 12.2 Å². The van der Waals surface area contributed by atoms with Gasteiger partial charge in [0.25, 0.3) is 0 Å². The lowest BCUT2D eigenvalue weighted by Crippen LogP contribution is -2.32. The maximum Gasteiger partial charge on any atom is 0.329 e. The van der Waals surface area contributed by atoms with Crippen LogP contribution in [0.3, 0.4) is 0 Å². The van der Waals surface area contributed by atoms with Crippen molar-refractivity contribution in [3.63, 3.8) is 0 Å². The van der Waals surface area contributed by atoms with E-state index in [1.54, 1.807) is 36.4 Å². The number of amides is 2. The van der Waals surface area contributed by atoms with E-state index >= 15 is 0 Å². The van der Waals surface area contributed by atoms with Crippen molar-refractivity contribution in [1.29, 1.82) is 0 Å². The number of furan rings is 1. The zero-order valence-electron chi connectivity index (χ0n) is 21.8. The van der Waals surface area contributed by atoms with E-state index in [9.17, 15) is 18.0 Å². The maximum absolute atomic E-state index is 13.6. The first-order chi connectivity index (χ1) is 19.9. The van der Waals surface area contributed by atoms with Gasteiger partial charge in [-0.25, -0.2) is 13.8 Å². The number of carbonyl (C=O) groups is 2. The first-order valence-corrected chi connectivity index (χ1v) is 15.1. The van der Waals surface area contributed by atoms with Gasteiger partial charge >= 0.3 is 11.8 Å². The van der Waals surface area contributed by atoms with E-state index in [2.05, 4.69) is 15.8 Å². The zero-order chi connectivity index (χ0) is 30.4. The minimum Gasteiger partial charge on any atom is -0.459 e. The molecule has 0 aliphatic rings. The van der Waals surface area contributed by atoms with Crippen molar-refractivity contribution >= 4 is 80.1 Å². The van der Waals surface area contributed by atoms with Crippen molar-refractivity contribution in [2.24, 2.45) is 5.10 Å². The molecule has 0 unspecified atom stereocenters. The van der Waals surface area contributed by atoms with Crippen molar-refractivity contribution in [2.45, 2.75) is 24.9 Å². The molecule has 4 rings (SSSR count). The van der Waals surface area contributed by atoms with Crippen LogP contribution in [0.25, 0.3) is 0 Å². The Balaban J connectivity index is 1.45. The van der Waals surface area contributed by atoms with Gasteiger partial charge in [-0.3, -0.25) is 9.59 Å². The van der Waals surface area contributed by atoms with Crippen molar-refractivity contribution in [3.05, 3.63) is 116 Å². The van der Waals surface area contributed by atoms with Gasteiger partial charge in [-0.1, -0.05) is 70.2 Å². The number of halogens is 4. The van der Waals surface area contributed by atoms with Gasteiger partial charge in [0.2, 0.25) is 10.0 Å². The predicted octanol–water partition coefficient (Wildman–Crippen LogP) is 6.68. The molecular formula is C28H22Cl4N4O5S. The maximum atomic E-state index is 13.6. The largest absolute Gasteiger partial charge is 0.459 e. The summed E-state index contributed by atoms with van der Waals surface area (Å²) in [5.41, 5.74) is 3.90. The van der Waals surface area contributed by atoms with Crippen LogP contribution in [0.2, 0.25) is 20.1 Å². The summed E-state index contributed by atoms with van der Waals surface area (Å²) in [5.74, 6) is -1.51. The minimum atomic E-state index is -3.95. The quantitative estimate of drug-likeness (QED) is 0.117. The lowest BCUT2D eigenvalue weighted by Gasteiger charge is -2.22. The Labute approximate surface area is 262 Å². The summed E-state index contributed by atoms with van der Waals surface area (Å²) in [6.45, 7) is 1.73. The Morgan fingerprint density at radius 2 is 1.50 bits per heavy atom. The van der Waals surface area contributed by atoms with Crippen LogP contribution in [0.15, 0.2) is 87.2 Å². The molecular weight excluding hydrogens is 646 g/mol. The van der Waals surface area contributed by atoms with Gasteiger partial charge in [-0.2, -0.15) is 9.41 Å². The number of benzene rings is 3. The van der Waals surface area contributed by atoms with Crippen molar-refractivity contribution in [1.82, 2.24) is 9.73 Å². The van der Waals surface area contributed by atoms with Gasteiger partial charge in [0.15, 0.2) is 0 Å². The van der Waals surface area contributed by atoms with Crippen LogP contribution in [-0.2, 0) is 32.7 Å². The van der Waals surface area contributed by atoms with Gasteiger partial charge < -0.3 is 9.73 Å². The second-order valence-corrected chi connectivity index (χ2v) is 12.5. The van der Waals surface area contributed by atoms with Crippen molar-refractivity contribution in [2.75, 3.05) is 5.32 Å². The molecule has 1 heterocycles. The number of nitrogens with one attached hydrogen (secondary N) is 2. The van der Waals surface area contributed by atoms with Gasteiger partial charge in [0.05, 0.1) is 37.7 Å². The van der Waals surface area contributed by atoms with E-state index in [0.717, 1.165) is 5.56 Å². The molecule has 0 aliphatic carbocycles. The van der Waals surface area contributed by atoms with E-state index in [-0.39, 0.29) is 34.5 Å². The lowest BCUT2D eigenvalue weighted by molar-refractivity contribution is -0.136. The molecule has 4 aromatic rings. The summed E-state index contributed by atoms with van der Waals surface area (Å²) in [6, 6.07) is 18.8. The number of sulfonamides is 1. The van der Waals surface area contributed by atoms with Gasteiger partial charge in [-0.15, -0.1) is 0 Å². The second-order valence-electron chi connectivity index (χ2n) is 8.92. The molecule has 1 aromatic heterocycles. The number of hydrogen-bond acceptors (Lipinski definition) is 6. The summed E-state index contributed by atoms with van der Waals surface area (Å²) >= 11 is 23.9.